The monoisotopic (exact) mass is 1050 g/mol. The normalized spacial score (nSPS) is 12.7. The standard InChI is InChI=1S/C69H131NO5/c1-3-5-7-9-11-13-15-17-19-20-21-22-24-27-30-34-37-41-45-49-53-57-61-67(72)66(65-71)70-68(73)62-58-54-50-46-42-38-35-31-28-25-23-26-29-32-36-40-44-48-52-56-60-64-75-69(74)63-59-55-51-47-43-39-33-18-16-14-12-10-8-6-4-2/h18,25,28,33,57,61,66-67,71-72H,3-17,19-24,26-27,29-32,34-56,58-60,62-65H2,1-2H3,(H,70,73)/b28-25-,33-18-,61-57+. The van der Waals surface area contributed by atoms with Crippen LogP contribution in [0.4, 0.5) is 0 Å². The molecule has 0 bridgehead atoms. The van der Waals surface area contributed by atoms with Gasteiger partial charge in [0.25, 0.3) is 0 Å². The molecule has 0 saturated carbocycles. The highest BCUT2D eigenvalue weighted by Gasteiger charge is 2.18. The lowest BCUT2D eigenvalue weighted by molar-refractivity contribution is -0.143. The fourth-order valence-electron chi connectivity index (χ4n) is 10.4. The molecule has 2 unspecified atom stereocenters. The van der Waals surface area contributed by atoms with E-state index in [2.05, 4.69) is 43.5 Å². The minimum absolute atomic E-state index is 0.0000892. The summed E-state index contributed by atoms with van der Waals surface area (Å²) in [6, 6.07) is -0.635. The predicted molar refractivity (Wildman–Crippen MR) is 329 cm³/mol. The first-order valence-corrected chi connectivity index (χ1v) is 33.8. The summed E-state index contributed by atoms with van der Waals surface area (Å²) in [7, 11) is 0. The van der Waals surface area contributed by atoms with Crippen molar-refractivity contribution in [3.05, 3.63) is 36.5 Å². The van der Waals surface area contributed by atoms with E-state index in [9.17, 15) is 19.8 Å². The Labute approximate surface area is 468 Å². The van der Waals surface area contributed by atoms with Gasteiger partial charge in [0.05, 0.1) is 25.4 Å². The number of carbonyl (C=O) groups is 2. The van der Waals surface area contributed by atoms with E-state index in [4.69, 9.17) is 4.74 Å². The van der Waals surface area contributed by atoms with Crippen LogP contribution in [0, 0.1) is 0 Å². The van der Waals surface area contributed by atoms with E-state index < -0.39 is 12.1 Å². The fraction of sp³-hybridized carbons (Fsp3) is 0.884. The van der Waals surface area contributed by atoms with Gasteiger partial charge in [0.15, 0.2) is 0 Å². The van der Waals surface area contributed by atoms with Crippen LogP contribution in [0.5, 0.6) is 0 Å². The van der Waals surface area contributed by atoms with Crippen molar-refractivity contribution in [2.24, 2.45) is 0 Å². The van der Waals surface area contributed by atoms with Gasteiger partial charge in [-0.05, 0) is 83.5 Å². The Hall–Kier alpha value is -1.92. The van der Waals surface area contributed by atoms with Gasteiger partial charge in [-0.2, -0.15) is 0 Å². The highest BCUT2D eigenvalue weighted by atomic mass is 16.5. The van der Waals surface area contributed by atoms with E-state index >= 15 is 0 Å². The third-order valence-corrected chi connectivity index (χ3v) is 15.6. The largest absolute Gasteiger partial charge is 0.466 e. The first-order chi connectivity index (χ1) is 37.0. The lowest BCUT2D eigenvalue weighted by atomic mass is 10.0. The van der Waals surface area contributed by atoms with Gasteiger partial charge >= 0.3 is 5.97 Å². The van der Waals surface area contributed by atoms with Gasteiger partial charge in [-0.25, -0.2) is 0 Å². The summed E-state index contributed by atoms with van der Waals surface area (Å²) in [4.78, 5) is 24.6. The van der Waals surface area contributed by atoms with Gasteiger partial charge in [0, 0.05) is 12.8 Å². The second-order valence-corrected chi connectivity index (χ2v) is 23.1. The molecule has 0 rings (SSSR count). The SMILES string of the molecule is CCCCCCCC/C=C\CCCCCCCC(=O)OCCCCCCCCCCCC/C=C\CCCCCCCCCC(=O)NC(CO)C(O)/C=C/CCCCCCCCCCCCCCCCCCCCCC. The average molecular weight is 1050 g/mol. The molecule has 2 atom stereocenters. The highest BCUT2D eigenvalue weighted by molar-refractivity contribution is 5.76. The zero-order valence-electron chi connectivity index (χ0n) is 50.5. The van der Waals surface area contributed by atoms with Crippen LogP contribution in [0.3, 0.4) is 0 Å². The lowest BCUT2D eigenvalue weighted by Gasteiger charge is -2.20. The molecule has 0 spiro atoms. The van der Waals surface area contributed by atoms with Crippen molar-refractivity contribution in [2.45, 2.75) is 379 Å². The molecule has 3 N–H and O–H groups in total. The van der Waals surface area contributed by atoms with Crippen molar-refractivity contribution < 1.29 is 24.5 Å². The molecule has 0 aromatic carbocycles. The number of hydrogen-bond donors (Lipinski definition) is 3. The van der Waals surface area contributed by atoms with Crippen LogP contribution in [-0.2, 0) is 14.3 Å². The summed E-state index contributed by atoms with van der Waals surface area (Å²) < 4.78 is 5.48. The molecule has 0 fully saturated rings. The Kier molecular flexibility index (Phi) is 63.0. The highest BCUT2D eigenvalue weighted by Crippen LogP contribution is 2.18. The number of ether oxygens (including phenoxy) is 1. The Morgan fingerprint density at radius 3 is 0.947 bits per heavy atom. The number of carbonyl (C=O) groups excluding carboxylic acids is 2. The molecule has 6 heteroatoms. The van der Waals surface area contributed by atoms with Gasteiger partial charge in [0.1, 0.15) is 0 Å². The van der Waals surface area contributed by atoms with Gasteiger partial charge in [-0.3, -0.25) is 9.59 Å². The topological polar surface area (TPSA) is 95.9 Å². The number of unbranched alkanes of at least 4 members (excludes halogenated alkanes) is 48. The number of allylic oxidation sites excluding steroid dienone is 5. The summed E-state index contributed by atoms with van der Waals surface area (Å²) in [5, 5.41) is 23.2. The second kappa shape index (κ2) is 64.6. The quantitative estimate of drug-likeness (QED) is 0.0320. The summed E-state index contributed by atoms with van der Waals surface area (Å²) in [5.74, 6) is -0.0726. The number of rotatable bonds is 63. The molecule has 6 nitrogen and oxygen atoms in total. The first kappa shape index (κ1) is 73.1. The van der Waals surface area contributed by atoms with Crippen LogP contribution in [0.25, 0.3) is 0 Å². The van der Waals surface area contributed by atoms with Crippen LogP contribution in [0.1, 0.15) is 367 Å². The van der Waals surface area contributed by atoms with Gasteiger partial charge in [0.2, 0.25) is 5.91 Å². The van der Waals surface area contributed by atoms with Gasteiger partial charge in [-0.1, -0.05) is 307 Å². The fourth-order valence-corrected chi connectivity index (χ4v) is 10.4. The minimum Gasteiger partial charge on any atom is -0.466 e. The van der Waals surface area contributed by atoms with E-state index in [-0.39, 0.29) is 18.5 Å². The van der Waals surface area contributed by atoms with Crippen LogP contribution < -0.4 is 5.32 Å². The lowest BCUT2D eigenvalue weighted by Crippen LogP contribution is -2.45. The van der Waals surface area contributed by atoms with E-state index in [0.29, 0.717) is 19.4 Å². The average Bonchev–Trinajstić information content (AvgIpc) is 3.41. The van der Waals surface area contributed by atoms with Crippen molar-refractivity contribution in [2.75, 3.05) is 13.2 Å². The summed E-state index contributed by atoms with van der Waals surface area (Å²) in [5.41, 5.74) is 0. The number of aliphatic hydroxyl groups excluding tert-OH is 2. The third-order valence-electron chi connectivity index (χ3n) is 15.6. The smallest absolute Gasteiger partial charge is 0.305 e. The molecule has 0 heterocycles. The van der Waals surface area contributed by atoms with E-state index in [1.54, 1.807) is 6.08 Å². The van der Waals surface area contributed by atoms with Crippen LogP contribution in [0.15, 0.2) is 36.5 Å². The maximum atomic E-state index is 12.5. The van der Waals surface area contributed by atoms with Crippen molar-refractivity contribution >= 4 is 11.9 Å². The summed E-state index contributed by atoms with van der Waals surface area (Å²) in [6.45, 7) is 4.92. The zero-order valence-corrected chi connectivity index (χ0v) is 50.5. The minimum atomic E-state index is -0.851. The molecule has 1 amide bonds. The molecular weight excluding hydrogens is 923 g/mol. The first-order valence-electron chi connectivity index (χ1n) is 33.8. The molecule has 0 aromatic rings. The van der Waals surface area contributed by atoms with Crippen molar-refractivity contribution in [1.82, 2.24) is 5.32 Å². The second-order valence-electron chi connectivity index (χ2n) is 23.1. The zero-order chi connectivity index (χ0) is 54.3. The molecule has 0 saturated heterocycles. The molecule has 0 aliphatic carbocycles. The summed E-state index contributed by atoms with van der Waals surface area (Å²) >= 11 is 0. The number of esters is 1. The van der Waals surface area contributed by atoms with E-state index in [1.165, 1.54) is 289 Å². The number of nitrogens with one attached hydrogen (secondary N) is 1. The Morgan fingerprint density at radius 2 is 0.627 bits per heavy atom. The maximum Gasteiger partial charge on any atom is 0.305 e. The molecule has 0 aliphatic rings. The van der Waals surface area contributed by atoms with Gasteiger partial charge < -0.3 is 20.3 Å². The Balaban J connectivity index is 3.46. The molecule has 75 heavy (non-hydrogen) atoms. The molecule has 0 radical (unpaired) electrons. The van der Waals surface area contributed by atoms with E-state index in [0.717, 1.165) is 51.4 Å². The van der Waals surface area contributed by atoms with Crippen molar-refractivity contribution in [3.63, 3.8) is 0 Å². The van der Waals surface area contributed by atoms with Crippen molar-refractivity contribution in [3.8, 4) is 0 Å². The molecule has 0 aliphatic heterocycles. The third kappa shape index (κ3) is 61.2. The van der Waals surface area contributed by atoms with Gasteiger partial charge in [-0.15, -0.1) is 0 Å². The Morgan fingerprint density at radius 1 is 0.360 bits per heavy atom. The number of amides is 1. The predicted octanol–water partition coefficient (Wildman–Crippen LogP) is 21.5. The molecule has 442 valence electrons. The molecular formula is C69H131NO5. The van der Waals surface area contributed by atoms with Crippen LogP contribution in [-0.4, -0.2) is 47.4 Å². The van der Waals surface area contributed by atoms with E-state index in [1.807, 2.05) is 6.08 Å². The Bertz CT molecular complexity index is 1210. The van der Waals surface area contributed by atoms with Crippen LogP contribution in [0.2, 0.25) is 0 Å². The summed E-state index contributed by atoms with van der Waals surface area (Å²) in [6.07, 6.45) is 82.0. The van der Waals surface area contributed by atoms with Crippen LogP contribution >= 0.6 is 0 Å². The number of aliphatic hydroxyl groups is 2. The van der Waals surface area contributed by atoms with Crippen molar-refractivity contribution in [1.29, 1.82) is 0 Å². The maximum absolute atomic E-state index is 12.5. The number of hydrogen-bond acceptors (Lipinski definition) is 5. The molecule has 0 aromatic heterocycles.